The lowest BCUT2D eigenvalue weighted by Gasteiger charge is -2.23. The van der Waals surface area contributed by atoms with Gasteiger partial charge in [0.1, 0.15) is 0 Å². The average molecular weight is 290 g/mol. The number of carbonyl (C=O) groups excluding carboxylic acids is 1. The van der Waals surface area contributed by atoms with Gasteiger partial charge >= 0.3 is 6.03 Å². The van der Waals surface area contributed by atoms with Crippen LogP contribution in [0.1, 0.15) is 74.1 Å². The van der Waals surface area contributed by atoms with Gasteiger partial charge in [0.25, 0.3) is 0 Å². The molecule has 1 rings (SSSR count). The Hall–Kier alpha value is -1.51. The van der Waals surface area contributed by atoms with Crippen molar-refractivity contribution in [1.82, 2.24) is 0 Å². The number of anilines is 1. The van der Waals surface area contributed by atoms with Crippen LogP contribution in [0, 0.1) is 20.8 Å². The predicted molar refractivity (Wildman–Crippen MR) is 91.0 cm³/mol. The maximum absolute atomic E-state index is 11.4. The molecule has 0 aliphatic carbocycles. The minimum atomic E-state index is -0.481. The second kappa shape index (κ2) is 8.06. The Kier molecular flexibility index (Phi) is 6.73. The van der Waals surface area contributed by atoms with Gasteiger partial charge in [-0.15, -0.1) is 0 Å². The third kappa shape index (κ3) is 4.48. The second-order valence-electron chi connectivity index (χ2n) is 6.00. The molecule has 0 aliphatic heterocycles. The SMILES string of the molecule is CCCCCC(CC)c1cc(C)c(C)c(C)c1NC(N)=O. The van der Waals surface area contributed by atoms with Crippen molar-refractivity contribution in [2.75, 3.05) is 5.32 Å². The monoisotopic (exact) mass is 290 g/mol. The van der Waals surface area contributed by atoms with E-state index in [1.165, 1.54) is 42.4 Å². The normalized spacial score (nSPS) is 12.2. The van der Waals surface area contributed by atoms with Crippen molar-refractivity contribution < 1.29 is 4.79 Å². The van der Waals surface area contributed by atoms with Gasteiger partial charge in [0.05, 0.1) is 0 Å². The smallest absolute Gasteiger partial charge is 0.316 e. The van der Waals surface area contributed by atoms with Crippen LogP contribution in [-0.4, -0.2) is 6.03 Å². The van der Waals surface area contributed by atoms with Crippen molar-refractivity contribution in [3.05, 3.63) is 28.3 Å². The van der Waals surface area contributed by atoms with Crippen LogP contribution < -0.4 is 11.1 Å². The molecule has 1 aromatic carbocycles. The van der Waals surface area contributed by atoms with Crippen molar-refractivity contribution in [2.24, 2.45) is 5.73 Å². The molecular weight excluding hydrogens is 260 g/mol. The standard InChI is InChI=1S/C18H30N2O/c1-6-8-9-10-15(7-2)16-11-12(3)13(4)14(5)17(16)20-18(19)21/h11,15H,6-10H2,1-5H3,(H3,19,20,21). The van der Waals surface area contributed by atoms with Crippen molar-refractivity contribution in [3.63, 3.8) is 0 Å². The maximum Gasteiger partial charge on any atom is 0.316 e. The summed E-state index contributed by atoms with van der Waals surface area (Å²) in [5.41, 5.74) is 11.2. The Morgan fingerprint density at radius 3 is 2.38 bits per heavy atom. The van der Waals surface area contributed by atoms with Gasteiger partial charge in [-0.1, -0.05) is 39.2 Å². The lowest BCUT2D eigenvalue weighted by atomic mass is 9.85. The highest BCUT2D eigenvalue weighted by atomic mass is 16.2. The zero-order chi connectivity index (χ0) is 16.0. The first kappa shape index (κ1) is 17.5. The van der Waals surface area contributed by atoms with E-state index in [1.54, 1.807) is 0 Å². The van der Waals surface area contributed by atoms with Gasteiger partial charge in [-0.3, -0.25) is 0 Å². The largest absolute Gasteiger partial charge is 0.351 e. The summed E-state index contributed by atoms with van der Waals surface area (Å²) in [5.74, 6) is 0.483. The van der Waals surface area contributed by atoms with E-state index < -0.39 is 6.03 Å². The average Bonchev–Trinajstić information content (AvgIpc) is 2.44. The summed E-state index contributed by atoms with van der Waals surface area (Å²) in [5, 5.41) is 2.85. The van der Waals surface area contributed by atoms with Crippen LogP contribution in [0.2, 0.25) is 0 Å². The number of carbonyl (C=O) groups is 1. The summed E-state index contributed by atoms with van der Waals surface area (Å²) in [6.07, 6.45) is 5.98. The first-order valence-electron chi connectivity index (χ1n) is 8.09. The fourth-order valence-electron chi connectivity index (χ4n) is 2.94. The van der Waals surface area contributed by atoms with Gasteiger partial charge in [-0.05, 0) is 61.8 Å². The van der Waals surface area contributed by atoms with Gasteiger partial charge in [-0.25, -0.2) is 4.79 Å². The van der Waals surface area contributed by atoms with Gasteiger partial charge < -0.3 is 11.1 Å². The number of hydrogen-bond acceptors (Lipinski definition) is 1. The molecule has 3 N–H and O–H groups in total. The van der Waals surface area contributed by atoms with Gasteiger partial charge in [0.2, 0.25) is 0 Å². The maximum atomic E-state index is 11.4. The molecule has 0 aromatic heterocycles. The molecule has 1 aromatic rings. The molecule has 0 aliphatic rings. The first-order valence-corrected chi connectivity index (χ1v) is 8.09. The van der Waals surface area contributed by atoms with Crippen LogP contribution in [0.4, 0.5) is 10.5 Å². The van der Waals surface area contributed by atoms with Crippen LogP contribution in [-0.2, 0) is 0 Å². The quantitative estimate of drug-likeness (QED) is 0.668. The Morgan fingerprint density at radius 2 is 1.86 bits per heavy atom. The Bertz CT molecular complexity index is 494. The minimum absolute atomic E-state index is 0.481. The van der Waals surface area contributed by atoms with E-state index in [4.69, 9.17) is 5.73 Å². The molecule has 0 heterocycles. The molecule has 2 amide bonds. The summed E-state index contributed by atoms with van der Waals surface area (Å²) < 4.78 is 0. The van der Waals surface area contributed by atoms with Crippen molar-refractivity contribution in [1.29, 1.82) is 0 Å². The van der Waals surface area contributed by atoms with Crippen LogP contribution in [0.15, 0.2) is 6.07 Å². The topological polar surface area (TPSA) is 55.1 Å². The number of benzene rings is 1. The number of aryl methyl sites for hydroxylation is 1. The van der Waals surface area contributed by atoms with E-state index in [1.807, 2.05) is 0 Å². The predicted octanol–water partition coefficient (Wildman–Crippen LogP) is 5.18. The molecule has 1 atom stereocenters. The molecule has 0 bridgehead atoms. The molecule has 21 heavy (non-hydrogen) atoms. The number of unbranched alkanes of at least 4 members (excludes halogenated alkanes) is 2. The first-order chi connectivity index (χ1) is 9.92. The molecular formula is C18H30N2O. The summed E-state index contributed by atoms with van der Waals surface area (Å²) in [4.78, 5) is 11.4. The molecule has 3 nitrogen and oxygen atoms in total. The van der Waals surface area contributed by atoms with Gasteiger partial charge in [0, 0.05) is 5.69 Å². The van der Waals surface area contributed by atoms with E-state index in [-0.39, 0.29) is 0 Å². The molecule has 118 valence electrons. The lowest BCUT2D eigenvalue weighted by Crippen LogP contribution is -2.22. The van der Waals surface area contributed by atoms with E-state index in [0.717, 1.165) is 17.7 Å². The Balaban J connectivity index is 3.20. The molecule has 1 unspecified atom stereocenters. The third-order valence-electron chi connectivity index (χ3n) is 4.53. The summed E-state index contributed by atoms with van der Waals surface area (Å²) in [6.45, 7) is 10.7. The Morgan fingerprint density at radius 1 is 1.19 bits per heavy atom. The van der Waals surface area contributed by atoms with Crippen molar-refractivity contribution in [3.8, 4) is 0 Å². The van der Waals surface area contributed by atoms with Crippen LogP contribution >= 0.6 is 0 Å². The number of nitrogens with two attached hydrogens (primary N) is 1. The highest BCUT2D eigenvalue weighted by Gasteiger charge is 2.18. The van der Waals surface area contributed by atoms with Gasteiger partial charge in [0.15, 0.2) is 0 Å². The van der Waals surface area contributed by atoms with Crippen LogP contribution in [0.3, 0.4) is 0 Å². The lowest BCUT2D eigenvalue weighted by molar-refractivity contribution is 0.259. The summed E-state index contributed by atoms with van der Waals surface area (Å²) >= 11 is 0. The highest BCUT2D eigenvalue weighted by molar-refractivity contribution is 5.90. The zero-order valence-corrected chi connectivity index (χ0v) is 14.2. The number of hydrogen-bond donors (Lipinski definition) is 2. The van der Waals surface area contributed by atoms with Crippen molar-refractivity contribution in [2.45, 2.75) is 72.6 Å². The fourth-order valence-corrected chi connectivity index (χ4v) is 2.94. The van der Waals surface area contributed by atoms with Gasteiger partial charge in [-0.2, -0.15) is 0 Å². The van der Waals surface area contributed by atoms with E-state index in [9.17, 15) is 4.79 Å². The summed E-state index contributed by atoms with van der Waals surface area (Å²) in [6, 6.07) is 1.75. The number of urea groups is 1. The zero-order valence-electron chi connectivity index (χ0n) is 14.2. The highest BCUT2D eigenvalue weighted by Crippen LogP contribution is 2.36. The van der Waals surface area contributed by atoms with E-state index in [0.29, 0.717) is 5.92 Å². The van der Waals surface area contributed by atoms with Crippen LogP contribution in [0.5, 0.6) is 0 Å². The minimum Gasteiger partial charge on any atom is -0.351 e. The molecule has 3 heteroatoms. The molecule has 0 saturated carbocycles. The Labute approximate surface area is 129 Å². The second-order valence-corrected chi connectivity index (χ2v) is 6.00. The van der Waals surface area contributed by atoms with Crippen LogP contribution in [0.25, 0.3) is 0 Å². The molecule has 0 radical (unpaired) electrons. The third-order valence-corrected chi connectivity index (χ3v) is 4.53. The molecule has 0 fully saturated rings. The summed E-state index contributed by atoms with van der Waals surface area (Å²) in [7, 11) is 0. The van der Waals surface area contributed by atoms with E-state index >= 15 is 0 Å². The number of rotatable bonds is 7. The van der Waals surface area contributed by atoms with E-state index in [2.05, 4.69) is 46.0 Å². The number of nitrogens with one attached hydrogen (secondary N) is 1. The number of amides is 2. The van der Waals surface area contributed by atoms with Crippen molar-refractivity contribution >= 4 is 11.7 Å². The number of primary amides is 1. The molecule has 0 saturated heterocycles. The fraction of sp³-hybridized carbons (Fsp3) is 0.611. The molecule has 0 spiro atoms.